The molecule has 1 aromatic carbocycles. The molecule has 9 nitrogen and oxygen atoms in total. The topological polar surface area (TPSA) is 120 Å². The predicted octanol–water partition coefficient (Wildman–Crippen LogP) is 2.85. The maximum atomic E-state index is 12.5. The molecule has 0 spiro atoms. The molecule has 1 aromatic heterocycles. The fraction of sp³-hybridized carbons (Fsp3) is 0.278. The normalized spacial score (nSPS) is 17.0. The molecule has 1 aliphatic heterocycles. The van der Waals surface area contributed by atoms with Crippen molar-refractivity contribution < 1.29 is 19.0 Å². The molecule has 0 fully saturated rings. The second kappa shape index (κ2) is 7.02. The summed E-state index contributed by atoms with van der Waals surface area (Å²) in [5.74, 6) is -0.520. The van der Waals surface area contributed by atoms with Gasteiger partial charge in [0, 0.05) is 29.1 Å². The molecule has 2 heterocycles. The van der Waals surface area contributed by atoms with Gasteiger partial charge in [-0.05, 0) is 26.3 Å². The molecule has 1 N–H and O–H groups in total. The number of allylic oxidation sites excluding steroid dienone is 3. The Kier molecular flexibility index (Phi) is 4.76. The number of nitro benzene ring substituents is 1. The monoisotopic (exact) mass is 370 g/mol. The zero-order chi connectivity index (χ0) is 19.7. The lowest BCUT2D eigenvalue weighted by Gasteiger charge is -2.29. The van der Waals surface area contributed by atoms with Crippen LogP contribution in [0.1, 0.15) is 37.0 Å². The number of dihydropyridines is 1. The molecule has 1 unspecified atom stereocenters. The van der Waals surface area contributed by atoms with Gasteiger partial charge in [0.2, 0.25) is 0 Å². The van der Waals surface area contributed by atoms with Crippen LogP contribution in [-0.4, -0.2) is 28.1 Å². The lowest BCUT2D eigenvalue weighted by atomic mass is 9.80. The fourth-order valence-corrected chi connectivity index (χ4v) is 3.22. The summed E-state index contributed by atoms with van der Waals surface area (Å²) in [5.41, 5.74) is 2.68. The van der Waals surface area contributed by atoms with Gasteiger partial charge in [-0.1, -0.05) is 17.3 Å². The van der Waals surface area contributed by atoms with E-state index in [2.05, 4.69) is 15.5 Å². The van der Waals surface area contributed by atoms with Crippen molar-refractivity contribution in [1.29, 1.82) is 0 Å². The number of hydrogen-bond donors (Lipinski definition) is 1. The molecule has 0 aliphatic carbocycles. The van der Waals surface area contributed by atoms with E-state index in [1.165, 1.54) is 19.2 Å². The van der Waals surface area contributed by atoms with Gasteiger partial charge in [-0.2, -0.15) is 4.98 Å². The van der Waals surface area contributed by atoms with Crippen molar-refractivity contribution in [3.8, 4) is 0 Å². The summed E-state index contributed by atoms with van der Waals surface area (Å²) in [4.78, 5) is 27.6. The molecule has 9 heteroatoms. The van der Waals surface area contributed by atoms with Crippen LogP contribution in [0.3, 0.4) is 0 Å². The largest absolute Gasteiger partial charge is 0.466 e. The van der Waals surface area contributed by atoms with Crippen LogP contribution in [0.15, 0.2) is 45.8 Å². The molecule has 27 heavy (non-hydrogen) atoms. The maximum Gasteiger partial charge on any atom is 0.336 e. The number of aromatic nitrogens is 2. The number of aryl methyl sites for hydroxylation is 1. The molecule has 140 valence electrons. The minimum Gasteiger partial charge on any atom is -0.466 e. The Morgan fingerprint density at radius 3 is 2.63 bits per heavy atom. The molecule has 1 aliphatic rings. The van der Waals surface area contributed by atoms with Crippen LogP contribution in [0.2, 0.25) is 0 Å². The number of nitrogens with one attached hydrogen (secondary N) is 1. The third-order valence-electron chi connectivity index (χ3n) is 4.34. The minimum absolute atomic E-state index is 0.0772. The number of nitro groups is 1. The molecule has 0 amide bonds. The molecule has 2 aromatic rings. The standard InChI is InChI=1S/C18H18N4O5/c1-9-14(17-20-11(3)21-27-17)16(15(10(2)19-9)18(23)26-4)12-6-5-7-13(8-12)22(24)25/h5-8,16,19H,1-4H3. The van der Waals surface area contributed by atoms with E-state index >= 15 is 0 Å². The molecule has 0 saturated carbocycles. The highest BCUT2D eigenvalue weighted by Crippen LogP contribution is 2.43. The summed E-state index contributed by atoms with van der Waals surface area (Å²) >= 11 is 0. The molecular formula is C18H18N4O5. The van der Waals surface area contributed by atoms with Gasteiger partial charge in [0.05, 0.1) is 23.5 Å². The maximum absolute atomic E-state index is 12.5. The Balaban J connectivity index is 2.25. The van der Waals surface area contributed by atoms with Gasteiger partial charge in [0.25, 0.3) is 11.6 Å². The van der Waals surface area contributed by atoms with E-state index in [0.29, 0.717) is 33.9 Å². The Hall–Kier alpha value is -3.49. The first-order valence-electron chi connectivity index (χ1n) is 8.15. The third-order valence-corrected chi connectivity index (χ3v) is 4.34. The number of benzene rings is 1. The van der Waals surface area contributed by atoms with Crippen LogP contribution in [-0.2, 0) is 9.53 Å². The van der Waals surface area contributed by atoms with E-state index in [-0.39, 0.29) is 11.6 Å². The lowest BCUT2D eigenvalue weighted by molar-refractivity contribution is -0.384. The summed E-state index contributed by atoms with van der Waals surface area (Å²) in [5, 5.41) is 18.2. The van der Waals surface area contributed by atoms with Crippen molar-refractivity contribution in [2.45, 2.75) is 26.7 Å². The zero-order valence-corrected chi connectivity index (χ0v) is 15.3. The Bertz CT molecular complexity index is 989. The van der Waals surface area contributed by atoms with Crippen LogP contribution >= 0.6 is 0 Å². The fourth-order valence-electron chi connectivity index (χ4n) is 3.22. The van der Waals surface area contributed by atoms with Crippen molar-refractivity contribution in [3.63, 3.8) is 0 Å². The number of rotatable bonds is 4. The summed E-state index contributed by atoms with van der Waals surface area (Å²) in [6.07, 6.45) is 0. The van der Waals surface area contributed by atoms with Crippen LogP contribution in [0.4, 0.5) is 5.69 Å². The summed E-state index contributed by atoms with van der Waals surface area (Å²) < 4.78 is 10.3. The second-order valence-corrected chi connectivity index (χ2v) is 6.13. The van der Waals surface area contributed by atoms with Crippen molar-refractivity contribution >= 4 is 17.2 Å². The molecule has 0 saturated heterocycles. The average Bonchev–Trinajstić information content (AvgIpc) is 3.06. The number of esters is 1. The molecule has 3 rings (SSSR count). The van der Waals surface area contributed by atoms with Crippen LogP contribution < -0.4 is 5.32 Å². The third kappa shape index (κ3) is 3.31. The number of methoxy groups -OCH3 is 1. The first-order chi connectivity index (χ1) is 12.8. The molecular weight excluding hydrogens is 352 g/mol. The zero-order valence-electron chi connectivity index (χ0n) is 15.3. The van der Waals surface area contributed by atoms with Crippen molar-refractivity contribution in [3.05, 3.63) is 68.6 Å². The molecule has 0 bridgehead atoms. The highest BCUT2D eigenvalue weighted by molar-refractivity contribution is 5.96. The smallest absolute Gasteiger partial charge is 0.336 e. The van der Waals surface area contributed by atoms with Crippen molar-refractivity contribution in [2.75, 3.05) is 7.11 Å². The van der Waals surface area contributed by atoms with E-state index < -0.39 is 16.8 Å². The van der Waals surface area contributed by atoms with E-state index in [0.717, 1.165) is 0 Å². The second-order valence-electron chi connectivity index (χ2n) is 6.13. The van der Waals surface area contributed by atoms with Crippen LogP contribution in [0, 0.1) is 17.0 Å². The highest BCUT2D eigenvalue weighted by atomic mass is 16.6. The van der Waals surface area contributed by atoms with Gasteiger partial charge in [0.15, 0.2) is 5.82 Å². The van der Waals surface area contributed by atoms with E-state index in [4.69, 9.17) is 9.26 Å². The average molecular weight is 370 g/mol. The number of ether oxygens (including phenoxy) is 1. The molecule has 1 atom stereocenters. The first kappa shape index (κ1) is 18.3. The van der Waals surface area contributed by atoms with Gasteiger partial charge in [-0.25, -0.2) is 4.79 Å². The van der Waals surface area contributed by atoms with Gasteiger partial charge in [-0.3, -0.25) is 10.1 Å². The quantitative estimate of drug-likeness (QED) is 0.495. The van der Waals surface area contributed by atoms with Crippen LogP contribution in [0.5, 0.6) is 0 Å². The van der Waals surface area contributed by atoms with E-state index in [1.807, 2.05) is 6.92 Å². The number of nitrogens with zero attached hydrogens (tertiary/aromatic N) is 3. The number of carbonyl (C=O) groups excluding carboxylic acids is 1. The summed E-state index contributed by atoms with van der Waals surface area (Å²) in [6, 6.07) is 6.12. The van der Waals surface area contributed by atoms with Crippen LogP contribution in [0.25, 0.3) is 5.57 Å². The highest BCUT2D eigenvalue weighted by Gasteiger charge is 2.37. The van der Waals surface area contributed by atoms with Gasteiger partial charge in [-0.15, -0.1) is 0 Å². The van der Waals surface area contributed by atoms with Gasteiger partial charge < -0.3 is 14.6 Å². The number of hydrogen-bond acceptors (Lipinski definition) is 8. The minimum atomic E-state index is -0.654. The first-order valence-corrected chi connectivity index (χ1v) is 8.15. The van der Waals surface area contributed by atoms with E-state index in [9.17, 15) is 14.9 Å². The Labute approximate surface area is 154 Å². The Morgan fingerprint density at radius 2 is 2.04 bits per heavy atom. The van der Waals surface area contributed by atoms with Crippen molar-refractivity contribution in [2.24, 2.45) is 0 Å². The number of carbonyl (C=O) groups is 1. The number of non-ortho nitro benzene ring substituents is 1. The van der Waals surface area contributed by atoms with E-state index in [1.54, 1.807) is 26.0 Å². The predicted molar refractivity (Wildman–Crippen MR) is 95.3 cm³/mol. The molecule has 0 radical (unpaired) electrons. The van der Waals surface area contributed by atoms with Gasteiger partial charge in [0.1, 0.15) is 0 Å². The summed E-state index contributed by atoms with van der Waals surface area (Å²) in [6.45, 7) is 5.25. The SMILES string of the molecule is COC(=O)C1=C(C)NC(C)=C(c2nc(C)no2)C1c1cccc([N+](=O)[O-])c1. The summed E-state index contributed by atoms with van der Waals surface area (Å²) in [7, 11) is 1.29. The van der Waals surface area contributed by atoms with Gasteiger partial charge >= 0.3 is 5.97 Å². The van der Waals surface area contributed by atoms with Crippen molar-refractivity contribution in [1.82, 2.24) is 15.5 Å². The lowest BCUT2D eigenvalue weighted by Crippen LogP contribution is -2.28. The Morgan fingerprint density at radius 1 is 1.30 bits per heavy atom.